The average Bonchev–Trinajstić information content (AvgIpc) is 3.60. The number of ether oxygens (including phenoxy) is 1. The lowest BCUT2D eigenvalue weighted by Gasteiger charge is -2.71. The summed E-state index contributed by atoms with van der Waals surface area (Å²) in [5.74, 6) is 0.251. The number of hydrogen-bond acceptors (Lipinski definition) is 10. The van der Waals surface area contributed by atoms with Gasteiger partial charge in [-0.1, -0.05) is 6.92 Å². The van der Waals surface area contributed by atoms with Gasteiger partial charge < -0.3 is 29.5 Å². The zero-order chi connectivity index (χ0) is 33.7. The first-order chi connectivity index (χ1) is 23.7. The van der Waals surface area contributed by atoms with Crippen molar-refractivity contribution in [3.8, 4) is 5.75 Å². The third-order valence-corrected chi connectivity index (χ3v) is 12.2. The molecule has 2 aliphatic heterocycles. The molecule has 6 fully saturated rings. The predicted octanol–water partition coefficient (Wildman–Crippen LogP) is 2.55. The summed E-state index contributed by atoms with van der Waals surface area (Å²) < 4.78 is 7.42. The van der Waals surface area contributed by atoms with Crippen molar-refractivity contribution in [2.24, 2.45) is 11.3 Å². The first-order valence-corrected chi connectivity index (χ1v) is 17.9. The second kappa shape index (κ2) is 11.1. The smallest absolute Gasteiger partial charge is 0.276 e. The molecular formula is C35H43N9O5. The Bertz CT molecular complexity index is 1960. The van der Waals surface area contributed by atoms with Crippen LogP contribution in [-0.4, -0.2) is 95.3 Å². The van der Waals surface area contributed by atoms with E-state index in [-0.39, 0.29) is 58.4 Å². The molecule has 2 N–H and O–H groups in total. The number of aromatic nitrogens is 6. The second-order valence-electron chi connectivity index (χ2n) is 15.2. The number of hydrogen-bond donors (Lipinski definition) is 2. The number of anilines is 1. The highest BCUT2D eigenvalue weighted by Crippen LogP contribution is 2.75. The summed E-state index contributed by atoms with van der Waals surface area (Å²) in [6, 6.07) is -0.285. The van der Waals surface area contributed by atoms with Crippen LogP contribution in [0, 0.1) is 18.3 Å². The largest absolute Gasteiger partial charge is 0.504 e. The standard InChI is InChI=1S/C35H43N9O5/c1-3-23-29(41-11-12-42(25-6-4-5-24(25)41)33(48)28-30(46)20(2)36-19-37-28)31(47)27-32(40-44(39-27)22-9-13-49-14-10-22)43(23)15-26(45)38-35-16-34(17-35,18-35)21-7-8-21/h9,19,21,24-25,46H,3-8,10-18H2,1-2H3,(H,38,45)/t24-,25-,34?,35?/m0/s1. The van der Waals surface area contributed by atoms with Crippen LogP contribution in [0.1, 0.15) is 86.6 Å². The summed E-state index contributed by atoms with van der Waals surface area (Å²) in [5, 5.41) is 23.6. The molecule has 5 heterocycles. The van der Waals surface area contributed by atoms with Crippen LogP contribution in [0.15, 0.2) is 17.2 Å². The van der Waals surface area contributed by atoms with E-state index < -0.39 is 0 Å². The molecule has 14 heteroatoms. The van der Waals surface area contributed by atoms with Gasteiger partial charge >= 0.3 is 0 Å². The molecule has 10 rings (SSSR count). The number of aryl methyl sites for hydroxylation is 1. The number of piperazine rings is 1. The van der Waals surface area contributed by atoms with E-state index in [0.717, 1.165) is 55.8 Å². The quantitative estimate of drug-likeness (QED) is 0.365. The van der Waals surface area contributed by atoms with Crippen molar-refractivity contribution < 1.29 is 19.4 Å². The molecule has 0 unspecified atom stereocenters. The van der Waals surface area contributed by atoms with Gasteiger partial charge in [-0.25, -0.2) is 9.97 Å². The minimum Gasteiger partial charge on any atom is -0.504 e. The number of pyridine rings is 1. The molecule has 7 aliphatic rings. The zero-order valence-corrected chi connectivity index (χ0v) is 28.2. The van der Waals surface area contributed by atoms with Crippen LogP contribution < -0.4 is 15.6 Å². The highest BCUT2D eigenvalue weighted by molar-refractivity contribution is 5.95. The highest BCUT2D eigenvalue weighted by Gasteiger charge is 2.72. The third-order valence-electron chi connectivity index (χ3n) is 12.2. The van der Waals surface area contributed by atoms with E-state index in [1.165, 1.54) is 24.0 Å². The van der Waals surface area contributed by atoms with Crippen LogP contribution in [0.3, 0.4) is 0 Å². The minimum atomic E-state index is -0.329. The number of rotatable bonds is 8. The normalized spacial score (nSPS) is 28.9. The summed E-state index contributed by atoms with van der Waals surface area (Å²) in [7, 11) is 0. The van der Waals surface area contributed by atoms with Crippen molar-refractivity contribution in [2.75, 3.05) is 31.2 Å². The van der Waals surface area contributed by atoms with Crippen molar-refractivity contribution in [1.82, 2.24) is 39.7 Å². The Labute approximate surface area is 283 Å². The van der Waals surface area contributed by atoms with Gasteiger partial charge in [0.15, 0.2) is 22.6 Å². The van der Waals surface area contributed by atoms with E-state index >= 15 is 0 Å². The maximum absolute atomic E-state index is 14.6. The predicted molar refractivity (Wildman–Crippen MR) is 179 cm³/mol. The van der Waals surface area contributed by atoms with E-state index in [9.17, 15) is 19.5 Å². The SMILES string of the molecule is CCc1c(N2CCN(C(=O)c3ncnc(C)c3O)[C@H]3CCC[C@@H]32)c(=O)c2nn(C3=CCOCC3)nc2n1CC(=O)NC12CC(C3CC3)(C1)C2. The van der Waals surface area contributed by atoms with E-state index in [4.69, 9.17) is 14.9 Å². The van der Waals surface area contributed by atoms with Gasteiger partial charge in [-0.15, -0.1) is 10.2 Å². The first-order valence-electron chi connectivity index (χ1n) is 17.9. The van der Waals surface area contributed by atoms with Gasteiger partial charge in [0.25, 0.3) is 5.91 Å². The van der Waals surface area contributed by atoms with Gasteiger partial charge in [0, 0.05) is 36.8 Å². The fourth-order valence-corrected chi connectivity index (χ4v) is 9.87. The number of amides is 2. The zero-order valence-electron chi connectivity index (χ0n) is 28.2. The maximum atomic E-state index is 14.6. The molecule has 3 aromatic rings. The monoisotopic (exact) mass is 669 g/mol. The van der Waals surface area contributed by atoms with Gasteiger partial charge in [-0.3, -0.25) is 14.4 Å². The van der Waals surface area contributed by atoms with E-state index in [0.29, 0.717) is 61.6 Å². The molecule has 2 amide bonds. The molecule has 0 spiro atoms. The van der Waals surface area contributed by atoms with Crippen LogP contribution in [0.4, 0.5) is 5.69 Å². The van der Waals surface area contributed by atoms with Crippen molar-refractivity contribution in [3.05, 3.63) is 39.7 Å². The van der Waals surface area contributed by atoms with Gasteiger partial charge in [-0.05, 0) is 82.1 Å². The van der Waals surface area contributed by atoms with Crippen molar-refractivity contribution >= 4 is 34.4 Å². The fraction of sp³-hybridized carbons (Fsp3) is 0.629. The Balaban J connectivity index is 1.08. The molecule has 2 bridgehead atoms. The lowest BCUT2D eigenvalue weighted by atomic mass is 9.37. The van der Waals surface area contributed by atoms with E-state index in [1.807, 2.05) is 17.6 Å². The lowest BCUT2D eigenvalue weighted by Crippen LogP contribution is -2.75. The van der Waals surface area contributed by atoms with Crippen molar-refractivity contribution in [3.63, 3.8) is 0 Å². The molecule has 2 atom stereocenters. The molecule has 0 aromatic carbocycles. The summed E-state index contributed by atoms with van der Waals surface area (Å²) >= 11 is 0. The van der Waals surface area contributed by atoms with Crippen LogP contribution in [-0.2, 0) is 22.5 Å². The van der Waals surface area contributed by atoms with Gasteiger partial charge in [0.2, 0.25) is 11.3 Å². The summed E-state index contributed by atoms with van der Waals surface area (Å²) in [4.78, 5) is 55.8. The number of aromatic hydroxyl groups is 1. The molecule has 5 saturated carbocycles. The molecule has 0 radical (unpaired) electrons. The lowest BCUT2D eigenvalue weighted by molar-refractivity contribution is -0.176. The number of carbonyl (C=O) groups excluding carboxylic acids is 2. The maximum Gasteiger partial charge on any atom is 0.276 e. The van der Waals surface area contributed by atoms with Crippen LogP contribution >= 0.6 is 0 Å². The van der Waals surface area contributed by atoms with E-state index in [2.05, 4.69) is 20.2 Å². The Hall–Kier alpha value is -4.33. The molecule has 3 aromatic heterocycles. The molecular weight excluding hydrogens is 626 g/mol. The summed E-state index contributed by atoms with van der Waals surface area (Å²) in [6.07, 6.45) is 12.7. The molecule has 1 saturated heterocycles. The third kappa shape index (κ3) is 4.73. The molecule has 258 valence electrons. The van der Waals surface area contributed by atoms with Gasteiger partial charge in [0.05, 0.1) is 30.6 Å². The Morgan fingerprint density at radius 1 is 1.08 bits per heavy atom. The Kier molecular flexibility index (Phi) is 6.95. The first kappa shape index (κ1) is 30.7. The Morgan fingerprint density at radius 3 is 2.61 bits per heavy atom. The van der Waals surface area contributed by atoms with Crippen LogP contribution in [0.25, 0.3) is 16.9 Å². The number of nitrogens with one attached hydrogen (secondary N) is 1. The van der Waals surface area contributed by atoms with Crippen molar-refractivity contribution in [2.45, 2.75) is 102 Å². The van der Waals surface area contributed by atoms with Crippen molar-refractivity contribution in [1.29, 1.82) is 0 Å². The topological polar surface area (TPSA) is 161 Å². The average molecular weight is 670 g/mol. The molecule has 5 aliphatic carbocycles. The molecule has 49 heavy (non-hydrogen) atoms. The summed E-state index contributed by atoms with van der Waals surface area (Å²) in [5.41, 5.74) is 3.33. The van der Waals surface area contributed by atoms with Gasteiger partial charge in [0.1, 0.15) is 18.6 Å². The van der Waals surface area contributed by atoms with E-state index in [1.54, 1.807) is 11.8 Å². The fourth-order valence-electron chi connectivity index (χ4n) is 9.87. The van der Waals surface area contributed by atoms with Gasteiger partial charge in [-0.2, -0.15) is 4.80 Å². The van der Waals surface area contributed by atoms with Crippen LogP contribution in [0.2, 0.25) is 0 Å². The number of nitrogens with zero attached hydrogens (tertiary/aromatic N) is 8. The molecule has 14 nitrogen and oxygen atoms in total. The highest BCUT2D eigenvalue weighted by atomic mass is 16.5. The second-order valence-corrected chi connectivity index (χ2v) is 15.2. The Morgan fingerprint density at radius 2 is 1.88 bits per heavy atom. The van der Waals surface area contributed by atoms with Crippen LogP contribution in [0.5, 0.6) is 5.75 Å². The number of fused-ring (bicyclic) bond motifs is 2. The number of carbonyl (C=O) groups is 2. The summed E-state index contributed by atoms with van der Waals surface area (Å²) in [6.45, 7) is 5.47. The minimum absolute atomic E-state index is 0.00133.